The standard InChI is InChI=1S/C17H22Cl2N4OS/c1-20-17(22-11-14-10-15(18)16(19)23(14)2)21-8-9-25(24)12-13-6-4-3-5-7-13/h3-7,10H,8-9,11-12H2,1-2H3,(H2,20,21,22). The van der Waals surface area contributed by atoms with Gasteiger partial charge in [-0.3, -0.25) is 9.20 Å². The molecule has 1 unspecified atom stereocenters. The minimum absolute atomic E-state index is 0.512. The van der Waals surface area contributed by atoms with Crippen LogP contribution in [-0.2, 0) is 30.1 Å². The Bertz CT molecular complexity index is 747. The van der Waals surface area contributed by atoms with Crippen LogP contribution >= 0.6 is 23.2 Å². The number of hydrogen-bond donors (Lipinski definition) is 2. The molecule has 25 heavy (non-hydrogen) atoms. The molecule has 0 fully saturated rings. The summed E-state index contributed by atoms with van der Waals surface area (Å²) < 4.78 is 13.9. The summed E-state index contributed by atoms with van der Waals surface area (Å²) >= 11 is 12.1. The second-order valence-corrected chi connectivity index (χ2v) is 7.80. The third-order valence-corrected chi connectivity index (χ3v) is 5.83. The predicted octanol–water partition coefficient (Wildman–Crippen LogP) is 2.95. The van der Waals surface area contributed by atoms with Crippen molar-refractivity contribution in [2.24, 2.45) is 12.0 Å². The fourth-order valence-corrected chi connectivity index (χ4v) is 3.72. The normalized spacial score (nSPS) is 12.9. The maximum Gasteiger partial charge on any atom is 0.191 e. The molecule has 5 nitrogen and oxygen atoms in total. The first-order valence-corrected chi connectivity index (χ1v) is 10.1. The number of guanidine groups is 1. The molecule has 0 spiro atoms. The summed E-state index contributed by atoms with van der Waals surface area (Å²) in [6, 6.07) is 11.7. The van der Waals surface area contributed by atoms with Crippen molar-refractivity contribution in [3.05, 3.63) is 57.8 Å². The molecular weight excluding hydrogens is 379 g/mol. The number of benzene rings is 1. The summed E-state index contributed by atoms with van der Waals surface area (Å²) in [4.78, 5) is 4.16. The van der Waals surface area contributed by atoms with Crippen LogP contribution in [0, 0.1) is 0 Å². The molecule has 0 aliphatic rings. The van der Waals surface area contributed by atoms with Gasteiger partial charge in [0.25, 0.3) is 0 Å². The number of aromatic nitrogens is 1. The van der Waals surface area contributed by atoms with E-state index in [0.29, 0.717) is 40.7 Å². The van der Waals surface area contributed by atoms with Gasteiger partial charge in [0.1, 0.15) is 5.15 Å². The van der Waals surface area contributed by atoms with Crippen LogP contribution in [0.4, 0.5) is 0 Å². The van der Waals surface area contributed by atoms with Crippen LogP contribution in [0.1, 0.15) is 11.3 Å². The minimum Gasteiger partial charge on any atom is -0.355 e. The molecule has 136 valence electrons. The molecule has 1 aromatic carbocycles. The van der Waals surface area contributed by atoms with Gasteiger partial charge in [0.15, 0.2) is 5.96 Å². The third-order valence-electron chi connectivity index (χ3n) is 3.67. The lowest BCUT2D eigenvalue weighted by atomic mass is 10.2. The van der Waals surface area contributed by atoms with E-state index in [9.17, 15) is 4.21 Å². The summed E-state index contributed by atoms with van der Waals surface area (Å²) in [6.45, 7) is 1.11. The van der Waals surface area contributed by atoms with Crippen molar-refractivity contribution in [3.8, 4) is 0 Å². The lowest BCUT2D eigenvalue weighted by Crippen LogP contribution is -2.39. The first-order valence-electron chi connectivity index (χ1n) is 7.84. The Morgan fingerprint density at radius 2 is 1.96 bits per heavy atom. The van der Waals surface area contributed by atoms with Gasteiger partial charge in [-0.15, -0.1) is 0 Å². The van der Waals surface area contributed by atoms with E-state index in [4.69, 9.17) is 23.2 Å². The Balaban J connectivity index is 1.75. The van der Waals surface area contributed by atoms with E-state index in [-0.39, 0.29) is 0 Å². The molecular formula is C17H22Cl2N4OS. The molecule has 0 radical (unpaired) electrons. The van der Waals surface area contributed by atoms with Crippen molar-refractivity contribution in [1.82, 2.24) is 15.2 Å². The zero-order chi connectivity index (χ0) is 18.2. The van der Waals surface area contributed by atoms with Gasteiger partial charge in [-0.25, -0.2) is 0 Å². The quantitative estimate of drug-likeness (QED) is 0.554. The Hall–Kier alpha value is -1.50. The molecule has 1 heterocycles. The first-order chi connectivity index (χ1) is 12.0. The summed E-state index contributed by atoms with van der Waals surface area (Å²) in [5.74, 6) is 1.76. The van der Waals surface area contributed by atoms with Crippen LogP contribution in [0.2, 0.25) is 10.2 Å². The number of hydrogen-bond acceptors (Lipinski definition) is 2. The molecule has 2 N–H and O–H groups in total. The summed E-state index contributed by atoms with van der Waals surface area (Å²) in [5, 5.41) is 7.40. The minimum atomic E-state index is -0.917. The van der Waals surface area contributed by atoms with E-state index < -0.39 is 10.8 Å². The first kappa shape index (κ1) is 19.8. The zero-order valence-corrected chi connectivity index (χ0v) is 16.6. The van der Waals surface area contributed by atoms with Gasteiger partial charge in [0, 0.05) is 48.6 Å². The topological polar surface area (TPSA) is 58.4 Å². The fourth-order valence-electron chi connectivity index (χ4n) is 2.27. The molecule has 8 heteroatoms. The lowest BCUT2D eigenvalue weighted by Gasteiger charge is -2.12. The van der Waals surface area contributed by atoms with Gasteiger partial charge in [-0.05, 0) is 11.6 Å². The SMILES string of the molecule is CN=C(NCCS(=O)Cc1ccccc1)NCc1cc(Cl)c(Cl)n1C. The van der Waals surface area contributed by atoms with Crippen LogP contribution < -0.4 is 10.6 Å². The highest BCUT2D eigenvalue weighted by Gasteiger charge is 2.09. The Labute approximate surface area is 160 Å². The van der Waals surface area contributed by atoms with Crippen molar-refractivity contribution in [1.29, 1.82) is 0 Å². The van der Waals surface area contributed by atoms with E-state index in [1.807, 2.05) is 48.0 Å². The van der Waals surface area contributed by atoms with E-state index in [1.165, 1.54) is 0 Å². The number of nitrogens with zero attached hydrogens (tertiary/aromatic N) is 2. The molecule has 0 amide bonds. The van der Waals surface area contributed by atoms with Gasteiger partial charge < -0.3 is 15.2 Å². The lowest BCUT2D eigenvalue weighted by molar-refractivity contribution is 0.680. The molecule has 0 aliphatic carbocycles. The smallest absolute Gasteiger partial charge is 0.191 e. The molecule has 1 aromatic heterocycles. The zero-order valence-electron chi connectivity index (χ0n) is 14.3. The number of rotatable bonds is 7. The van der Waals surface area contributed by atoms with Crippen LogP contribution in [-0.4, -0.2) is 34.1 Å². The number of halogens is 2. The largest absolute Gasteiger partial charge is 0.355 e. The van der Waals surface area contributed by atoms with Crippen LogP contribution in [0.5, 0.6) is 0 Å². The van der Waals surface area contributed by atoms with Crippen molar-refractivity contribution >= 4 is 40.0 Å². The second kappa shape index (κ2) is 9.85. The van der Waals surface area contributed by atoms with Crippen molar-refractivity contribution < 1.29 is 4.21 Å². The fraction of sp³-hybridized carbons (Fsp3) is 0.353. The van der Waals surface area contributed by atoms with E-state index in [1.54, 1.807) is 7.05 Å². The van der Waals surface area contributed by atoms with Crippen molar-refractivity contribution in [2.75, 3.05) is 19.3 Å². The highest BCUT2D eigenvalue weighted by molar-refractivity contribution is 7.84. The number of aliphatic imine (C=N–C) groups is 1. The van der Waals surface area contributed by atoms with Crippen molar-refractivity contribution in [3.63, 3.8) is 0 Å². The number of nitrogens with one attached hydrogen (secondary N) is 2. The maximum atomic E-state index is 12.1. The maximum absolute atomic E-state index is 12.1. The van der Waals surface area contributed by atoms with E-state index in [2.05, 4.69) is 15.6 Å². The summed E-state index contributed by atoms with van der Waals surface area (Å²) in [6.07, 6.45) is 0. The van der Waals surface area contributed by atoms with Gasteiger partial charge >= 0.3 is 0 Å². The van der Waals surface area contributed by atoms with Gasteiger partial charge in [-0.2, -0.15) is 0 Å². The highest BCUT2D eigenvalue weighted by Crippen LogP contribution is 2.24. The average molecular weight is 401 g/mol. The van der Waals surface area contributed by atoms with Crippen LogP contribution in [0.25, 0.3) is 0 Å². The molecule has 0 bridgehead atoms. The molecule has 2 rings (SSSR count). The van der Waals surface area contributed by atoms with Gasteiger partial charge in [0.2, 0.25) is 0 Å². The molecule has 1 atom stereocenters. The Morgan fingerprint density at radius 1 is 1.24 bits per heavy atom. The van der Waals surface area contributed by atoms with E-state index >= 15 is 0 Å². The second-order valence-electron chi connectivity index (χ2n) is 5.46. The van der Waals surface area contributed by atoms with Crippen molar-refractivity contribution in [2.45, 2.75) is 12.3 Å². The van der Waals surface area contributed by atoms with Gasteiger partial charge in [0.05, 0.1) is 11.6 Å². The monoisotopic (exact) mass is 400 g/mol. The molecule has 0 aliphatic heterocycles. The summed E-state index contributed by atoms with van der Waals surface area (Å²) in [5.41, 5.74) is 2.03. The highest BCUT2D eigenvalue weighted by atomic mass is 35.5. The summed E-state index contributed by atoms with van der Waals surface area (Å²) in [7, 11) is 2.63. The molecule has 0 saturated carbocycles. The molecule has 0 saturated heterocycles. The Kier molecular flexibility index (Phi) is 7.81. The molecule has 2 aromatic rings. The predicted molar refractivity (Wildman–Crippen MR) is 107 cm³/mol. The van der Waals surface area contributed by atoms with Crippen LogP contribution in [0.3, 0.4) is 0 Å². The Morgan fingerprint density at radius 3 is 2.56 bits per heavy atom. The van der Waals surface area contributed by atoms with E-state index in [0.717, 1.165) is 11.3 Å². The van der Waals surface area contributed by atoms with Gasteiger partial charge in [-0.1, -0.05) is 53.5 Å². The van der Waals surface area contributed by atoms with Crippen LogP contribution in [0.15, 0.2) is 41.4 Å². The third kappa shape index (κ3) is 6.06. The average Bonchev–Trinajstić information content (AvgIpc) is 2.85.